The van der Waals surface area contributed by atoms with Crippen LogP contribution >= 0.6 is 0 Å². The first-order valence-corrected chi connectivity index (χ1v) is 7.24. The molecule has 0 heterocycles. The van der Waals surface area contributed by atoms with E-state index in [0.29, 0.717) is 6.07 Å². The third-order valence-corrected chi connectivity index (χ3v) is 3.30. The molecule has 2 rings (SSSR count). The van der Waals surface area contributed by atoms with Gasteiger partial charge in [0.1, 0.15) is 5.75 Å². The maximum atomic E-state index is 12.7. The number of ether oxygens (including phenoxy) is 1. The number of amides is 2. The van der Waals surface area contributed by atoms with Crippen LogP contribution in [-0.2, 0) is 15.8 Å². The first-order chi connectivity index (χ1) is 12.6. The lowest BCUT2D eigenvalue weighted by atomic mass is 10.2. The molecule has 2 aromatic rings. The topological polar surface area (TPSA) is 111 Å². The van der Waals surface area contributed by atoms with Crippen molar-refractivity contribution in [1.82, 2.24) is 0 Å². The van der Waals surface area contributed by atoms with Crippen molar-refractivity contribution < 1.29 is 32.4 Å². The van der Waals surface area contributed by atoms with Gasteiger partial charge < -0.3 is 15.4 Å². The molecule has 0 spiro atoms. The summed E-state index contributed by atoms with van der Waals surface area (Å²) in [6, 6.07) is 7.06. The molecule has 0 aromatic heterocycles. The van der Waals surface area contributed by atoms with Crippen molar-refractivity contribution in [3.8, 4) is 5.75 Å². The number of halogens is 3. The Hall–Kier alpha value is -3.63. The zero-order valence-corrected chi connectivity index (χ0v) is 13.7. The number of hydrogen-bond acceptors (Lipinski definition) is 5. The first-order valence-electron chi connectivity index (χ1n) is 7.24. The number of carbonyl (C=O) groups is 2. The average Bonchev–Trinajstić information content (AvgIpc) is 2.61. The standard InChI is InChI=1S/C16H12F3N3O5/c1-27-13-6-5-11(22(25)26)8-12(13)21-15(24)14(23)20-10-4-2-3-9(7-10)16(17,18)19/h2-8H,1H3,(H,20,23)(H,21,24). The van der Waals surface area contributed by atoms with E-state index >= 15 is 0 Å². The minimum atomic E-state index is -4.61. The molecule has 0 saturated heterocycles. The Labute approximate surface area is 150 Å². The van der Waals surface area contributed by atoms with Gasteiger partial charge in [-0.2, -0.15) is 13.2 Å². The molecule has 27 heavy (non-hydrogen) atoms. The first kappa shape index (κ1) is 19.7. The van der Waals surface area contributed by atoms with Crippen LogP contribution in [0.5, 0.6) is 5.75 Å². The maximum absolute atomic E-state index is 12.7. The van der Waals surface area contributed by atoms with E-state index in [1.165, 1.54) is 19.2 Å². The zero-order chi connectivity index (χ0) is 20.2. The summed E-state index contributed by atoms with van der Waals surface area (Å²) in [6.45, 7) is 0. The Balaban J connectivity index is 2.16. The van der Waals surface area contributed by atoms with E-state index in [0.717, 1.165) is 24.3 Å². The van der Waals surface area contributed by atoms with Gasteiger partial charge >= 0.3 is 18.0 Å². The van der Waals surface area contributed by atoms with Crippen molar-refractivity contribution >= 4 is 28.9 Å². The highest BCUT2D eigenvalue weighted by Gasteiger charge is 2.30. The lowest BCUT2D eigenvalue weighted by molar-refractivity contribution is -0.384. The summed E-state index contributed by atoms with van der Waals surface area (Å²) in [6.07, 6.45) is -4.61. The number of carbonyl (C=O) groups excluding carboxylic acids is 2. The lowest BCUT2D eigenvalue weighted by Crippen LogP contribution is -2.29. The van der Waals surface area contributed by atoms with Crippen molar-refractivity contribution in [2.45, 2.75) is 6.18 Å². The predicted molar refractivity (Wildman–Crippen MR) is 88.4 cm³/mol. The molecule has 2 N–H and O–H groups in total. The summed E-state index contributed by atoms with van der Waals surface area (Å²) >= 11 is 0. The summed E-state index contributed by atoms with van der Waals surface area (Å²) in [4.78, 5) is 34.0. The fraction of sp³-hybridized carbons (Fsp3) is 0.125. The van der Waals surface area contributed by atoms with Crippen LogP contribution in [0.4, 0.5) is 30.2 Å². The number of rotatable bonds is 4. The van der Waals surface area contributed by atoms with E-state index in [4.69, 9.17) is 4.74 Å². The molecule has 0 aliphatic rings. The van der Waals surface area contributed by atoms with Crippen LogP contribution in [-0.4, -0.2) is 23.8 Å². The fourth-order valence-corrected chi connectivity index (χ4v) is 2.05. The average molecular weight is 383 g/mol. The number of nitrogens with one attached hydrogen (secondary N) is 2. The van der Waals surface area contributed by atoms with Crippen molar-refractivity contribution in [3.05, 3.63) is 58.1 Å². The Kier molecular flexibility index (Phi) is 5.63. The van der Waals surface area contributed by atoms with Crippen LogP contribution in [0.25, 0.3) is 0 Å². The molecule has 142 valence electrons. The van der Waals surface area contributed by atoms with Crippen LogP contribution in [0.2, 0.25) is 0 Å². The summed E-state index contributed by atoms with van der Waals surface area (Å²) < 4.78 is 43.0. The number of anilines is 2. The molecule has 0 radical (unpaired) electrons. The molecule has 0 unspecified atom stereocenters. The summed E-state index contributed by atoms with van der Waals surface area (Å²) in [5, 5.41) is 14.9. The molecule has 0 atom stereocenters. The van der Waals surface area contributed by atoms with Gasteiger partial charge in [-0.3, -0.25) is 19.7 Å². The number of alkyl halides is 3. The molecule has 2 aromatic carbocycles. The number of hydrogen-bond donors (Lipinski definition) is 2. The predicted octanol–water partition coefficient (Wildman–Crippen LogP) is 3.20. The van der Waals surface area contributed by atoms with Crippen molar-refractivity contribution in [2.75, 3.05) is 17.7 Å². The number of nitro groups is 1. The largest absolute Gasteiger partial charge is 0.495 e. The van der Waals surface area contributed by atoms with Gasteiger partial charge in [-0.1, -0.05) is 6.07 Å². The molecule has 0 fully saturated rings. The summed E-state index contributed by atoms with van der Waals surface area (Å²) in [7, 11) is 1.25. The van der Waals surface area contributed by atoms with Crippen LogP contribution in [0.1, 0.15) is 5.56 Å². The van der Waals surface area contributed by atoms with Gasteiger partial charge in [0.05, 0.1) is 23.3 Å². The molecule has 0 bridgehead atoms. The van der Waals surface area contributed by atoms with Gasteiger partial charge in [0.15, 0.2) is 0 Å². The maximum Gasteiger partial charge on any atom is 0.416 e. The number of methoxy groups -OCH3 is 1. The van der Waals surface area contributed by atoms with Crippen molar-refractivity contribution in [2.24, 2.45) is 0 Å². The number of non-ortho nitro benzene ring substituents is 1. The van der Waals surface area contributed by atoms with Crippen LogP contribution in [0, 0.1) is 10.1 Å². The van der Waals surface area contributed by atoms with E-state index in [-0.39, 0.29) is 22.8 Å². The van der Waals surface area contributed by atoms with Crippen LogP contribution in [0.15, 0.2) is 42.5 Å². The normalized spacial score (nSPS) is 10.8. The Bertz CT molecular complexity index is 899. The van der Waals surface area contributed by atoms with Gasteiger partial charge in [0.2, 0.25) is 0 Å². The molecular formula is C16H12F3N3O5. The summed E-state index contributed by atoms with van der Waals surface area (Å²) in [5.41, 5.74) is -1.74. The quantitative estimate of drug-likeness (QED) is 0.479. The highest BCUT2D eigenvalue weighted by molar-refractivity contribution is 6.43. The van der Waals surface area contributed by atoms with E-state index in [2.05, 4.69) is 5.32 Å². The monoisotopic (exact) mass is 383 g/mol. The molecule has 8 nitrogen and oxygen atoms in total. The molecule has 11 heteroatoms. The van der Waals surface area contributed by atoms with Gasteiger partial charge in [0, 0.05) is 17.8 Å². The fourth-order valence-electron chi connectivity index (χ4n) is 2.05. The Morgan fingerprint density at radius 1 is 1.07 bits per heavy atom. The van der Waals surface area contributed by atoms with Gasteiger partial charge in [0.25, 0.3) is 5.69 Å². The molecule has 2 amide bonds. The number of benzene rings is 2. The second-order valence-corrected chi connectivity index (χ2v) is 5.13. The Morgan fingerprint density at radius 3 is 2.33 bits per heavy atom. The third kappa shape index (κ3) is 4.93. The molecule has 0 aliphatic heterocycles. The second-order valence-electron chi connectivity index (χ2n) is 5.13. The number of nitro benzene ring substituents is 1. The Morgan fingerprint density at radius 2 is 1.74 bits per heavy atom. The van der Waals surface area contributed by atoms with Crippen LogP contribution < -0.4 is 15.4 Å². The van der Waals surface area contributed by atoms with Crippen LogP contribution in [0.3, 0.4) is 0 Å². The lowest BCUT2D eigenvalue weighted by Gasteiger charge is -2.11. The van der Waals surface area contributed by atoms with E-state index in [1.807, 2.05) is 5.32 Å². The SMILES string of the molecule is COc1ccc([N+](=O)[O-])cc1NC(=O)C(=O)Nc1cccc(C(F)(F)F)c1. The number of nitrogens with zero attached hydrogens (tertiary/aromatic N) is 1. The van der Waals surface area contributed by atoms with E-state index in [1.54, 1.807) is 0 Å². The van der Waals surface area contributed by atoms with E-state index < -0.39 is 28.5 Å². The smallest absolute Gasteiger partial charge is 0.416 e. The van der Waals surface area contributed by atoms with Crippen molar-refractivity contribution in [3.63, 3.8) is 0 Å². The minimum absolute atomic E-state index is 0.0563. The van der Waals surface area contributed by atoms with Crippen molar-refractivity contribution in [1.29, 1.82) is 0 Å². The highest BCUT2D eigenvalue weighted by atomic mass is 19.4. The zero-order valence-electron chi connectivity index (χ0n) is 13.7. The molecule has 0 aliphatic carbocycles. The molecule has 0 saturated carbocycles. The third-order valence-electron chi connectivity index (χ3n) is 3.30. The van der Waals surface area contributed by atoms with E-state index in [9.17, 15) is 32.9 Å². The highest BCUT2D eigenvalue weighted by Crippen LogP contribution is 2.31. The second kappa shape index (κ2) is 7.72. The van der Waals surface area contributed by atoms with Gasteiger partial charge in [-0.05, 0) is 24.3 Å². The van der Waals surface area contributed by atoms with Gasteiger partial charge in [-0.25, -0.2) is 0 Å². The minimum Gasteiger partial charge on any atom is -0.495 e. The molecular weight excluding hydrogens is 371 g/mol. The summed E-state index contributed by atoms with van der Waals surface area (Å²) in [5.74, 6) is -2.45. The van der Waals surface area contributed by atoms with Gasteiger partial charge in [-0.15, -0.1) is 0 Å².